The van der Waals surface area contributed by atoms with Crippen molar-refractivity contribution in [3.63, 3.8) is 0 Å². The monoisotopic (exact) mass is 365 g/mol. The fourth-order valence-corrected chi connectivity index (χ4v) is 2.69. The third kappa shape index (κ3) is 3.55. The summed E-state index contributed by atoms with van der Waals surface area (Å²) in [5.41, 5.74) is 0.838. The van der Waals surface area contributed by atoms with Gasteiger partial charge in [0, 0.05) is 12.1 Å². The van der Waals surface area contributed by atoms with Crippen molar-refractivity contribution in [1.82, 2.24) is 4.90 Å². The van der Waals surface area contributed by atoms with Gasteiger partial charge in [0.1, 0.15) is 0 Å². The molecule has 1 amide bonds. The van der Waals surface area contributed by atoms with E-state index in [2.05, 4.69) is 0 Å². The number of benzene rings is 2. The van der Waals surface area contributed by atoms with E-state index in [4.69, 9.17) is 9.84 Å². The number of aliphatic carboxylic acids is 1. The molecule has 0 aliphatic carbocycles. The van der Waals surface area contributed by atoms with Gasteiger partial charge in [0.15, 0.2) is 23.6 Å². The molecule has 0 saturated carbocycles. The second-order valence-electron chi connectivity index (χ2n) is 5.78. The van der Waals surface area contributed by atoms with Crippen LogP contribution in [0.25, 0.3) is 11.1 Å². The summed E-state index contributed by atoms with van der Waals surface area (Å²) in [6.45, 7) is 0.317. The molecule has 1 aliphatic heterocycles. The van der Waals surface area contributed by atoms with Crippen molar-refractivity contribution in [3.8, 4) is 11.1 Å². The first-order chi connectivity index (χ1) is 12.4. The number of carboxylic acids is 1. The Morgan fingerprint density at radius 1 is 1.04 bits per heavy atom. The lowest BCUT2D eigenvalue weighted by Crippen LogP contribution is -2.48. The van der Waals surface area contributed by atoms with Gasteiger partial charge in [0.25, 0.3) is 5.91 Å². The number of hydrogen-bond donors (Lipinski definition) is 1. The number of carboxylic acid groups (broad SMARTS) is 1. The quantitative estimate of drug-likeness (QED) is 0.850. The van der Waals surface area contributed by atoms with Crippen LogP contribution in [0.1, 0.15) is 10.4 Å². The van der Waals surface area contributed by atoms with E-state index in [1.165, 1.54) is 29.2 Å². The zero-order chi connectivity index (χ0) is 18.8. The Morgan fingerprint density at radius 2 is 1.65 bits per heavy atom. The first-order valence-electron chi connectivity index (χ1n) is 7.75. The Hall–Kier alpha value is -2.87. The van der Waals surface area contributed by atoms with E-state index < -0.39 is 29.5 Å². The van der Waals surface area contributed by atoms with Crippen molar-refractivity contribution in [3.05, 3.63) is 59.4 Å². The minimum Gasteiger partial charge on any atom is -0.479 e. The molecular weight excluding hydrogens is 351 g/mol. The van der Waals surface area contributed by atoms with Gasteiger partial charge in [-0.1, -0.05) is 12.1 Å². The van der Waals surface area contributed by atoms with Gasteiger partial charge in [-0.3, -0.25) is 4.79 Å². The molecule has 0 bridgehead atoms. The first-order valence-corrected chi connectivity index (χ1v) is 7.75. The van der Waals surface area contributed by atoms with Gasteiger partial charge in [0.2, 0.25) is 0 Å². The van der Waals surface area contributed by atoms with Crippen LogP contribution >= 0.6 is 0 Å². The molecule has 1 N–H and O–H groups in total. The van der Waals surface area contributed by atoms with Crippen LogP contribution in [0.2, 0.25) is 0 Å². The maximum absolute atomic E-state index is 13.3. The largest absolute Gasteiger partial charge is 0.479 e. The van der Waals surface area contributed by atoms with Crippen molar-refractivity contribution >= 4 is 11.9 Å². The van der Waals surface area contributed by atoms with Gasteiger partial charge in [-0.15, -0.1) is 0 Å². The van der Waals surface area contributed by atoms with Gasteiger partial charge in [0.05, 0.1) is 13.2 Å². The normalized spacial score (nSPS) is 17.2. The van der Waals surface area contributed by atoms with Crippen molar-refractivity contribution < 1.29 is 32.6 Å². The van der Waals surface area contributed by atoms with Crippen LogP contribution in [0.5, 0.6) is 0 Å². The summed E-state index contributed by atoms with van der Waals surface area (Å²) in [5, 5.41) is 8.98. The molecule has 1 fully saturated rings. The number of nitrogens with zero attached hydrogens (tertiary/aromatic N) is 1. The van der Waals surface area contributed by atoms with E-state index in [9.17, 15) is 22.8 Å². The number of hydrogen-bond acceptors (Lipinski definition) is 3. The van der Waals surface area contributed by atoms with E-state index >= 15 is 0 Å². The molecule has 2 aromatic rings. The molecule has 1 saturated heterocycles. The standard InChI is InChI=1S/C18H14F3NO4/c19-13-7-12(8-14(20)16(13)21)10-1-3-11(4-2-10)17(23)22-5-6-26-15(9-22)18(24)25/h1-4,7-8,15H,5-6,9H2,(H,24,25)/t15-/m1/s1. The molecule has 1 heterocycles. The van der Waals surface area contributed by atoms with Crippen molar-refractivity contribution in [1.29, 1.82) is 0 Å². The van der Waals surface area contributed by atoms with Crippen molar-refractivity contribution in [2.75, 3.05) is 19.7 Å². The molecule has 1 aliphatic rings. The lowest BCUT2D eigenvalue weighted by molar-refractivity contribution is -0.154. The number of carbonyl (C=O) groups excluding carboxylic acids is 1. The Labute approximate surface area is 146 Å². The molecule has 0 aromatic heterocycles. The number of rotatable bonds is 3. The van der Waals surface area contributed by atoms with E-state index in [-0.39, 0.29) is 31.2 Å². The zero-order valence-corrected chi connectivity index (χ0v) is 13.4. The molecule has 5 nitrogen and oxygen atoms in total. The molecule has 3 rings (SSSR count). The van der Waals surface area contributed by atoms with E-state index in [0.29, 0.717) is 11.1 Å². The van der Waals surface area contributed by atoms with E-state index in [0.717, 1.165) is 12.1 Å². The molecule has 1 atom stereocenters. The molecule has 0 unspecified atom stereocenters. The fraction of sp³-hybridized carbons (Fsp3) is 0.222. The summed E-state index contributed by atoms with van der Waals surface area (Å²) >= 11 is 0. The predicted octanol–water partition coefficient (Wildman–Crippen LogP) is 2.70. The lowest BCUT2D eigenvalue weighted by Gasteiger charge is -2.30. The molecule has 2 aromatic carbocycles. The smallest absolute Gasteiger partial charge is 0.334 e. The number of halogens is 3. The van der Waals surface area contributed by atoms with Crippen molar-refractivity contribution in [2.24, 2.45) is 0 Å². The first kappa shape index (κ1) is 17.9. The second kappa shape index (κ2) is 7.17. The summed E-state index contributed by atoms with van der Waals surface area (Å²) in [4.78, 5) is 24.8. The van der Waals surface area contributed by atoms with Gasteiger partial charge >= 0.3 is 5.97 Å². The van der Waals surface area contributed by atoms with Crippen LogP contribution in [-0.2, 0) is 9.53 Å². The van der Waals surface area contributed by atoms with Gasteiger partial charge in [-0.05, 0) is 35.4 Å². The average molecular weight is 365 g/mol. The Bertz CT molecular complexity index is 831. The predicted molar refractivity (Wildman–Crippen MR) is 85.0 cm³/mol. The third-order valence-corrected chi connectivity index (χ3v) is 4.08. The van der Waals surface area contributed by atoms with Crippen LogP contribution in [-0.4, -0.2) is 47.7 Å². The summed E-state index contributed by atoms with van der Waals surface area (Å²) in [5.74, 6) is -5.65. The highest BCUT2D eigenvalue weighted by Crippen LogP contribution is 2.24. The Balaban J connectivity index is 1.79. The van der Waals surface area contributed by atoms with E-state index in [1.807, 2.05) is 0 Å². The van der Waals surface area contributed by atoms with Crippen LogP contribution in [0.3, 0.4) is 0 Å². The van der Waals surface area contributed by atoms with Crippen LogP contribution < -0.4 is 0 Å². The minimum atomic E-state index is -1.54. The highest BCUT2D eigenvalue weighted by molar-refractivity contribution is 5.95. The molecule has 136 valence electrons. The lowest BCUT2D eigenvalue weighted by atomic mass is 10.0. The summed E-state index contributed by atoms with van der Waals surface area (Å²) in [6.07, 6.45) is -1.07. The van der Waals surface area contributed by atoms with Crippen molar-refractivity contribution in [2.45, 2.75) is 6.10 Å². The zero-order valence-electron chi connectivity index (χ0n) is 13.4. The summed E-state index contributed by atoms with van der Waals surface area (Å²) in [6, 6.07) is 7.62. The maximum atomic E-state index is 13.3. The second-order valence-corrected chi connectivity index (χ2v) is 5.78. The number of amides is 1. The van der Waals surface area contributed by atoms with Crippen LogP contribution in [0, 0.1) is 17.5 Å². The van der Waals surface area contributed by atoms with E-state index in [1.54, 1.807) is 0 Å². The number of carbonyl (C=O) groups is 2. The number of ether oxygens (including phenoxy) is 1. The number of morpholine rings is 1. The highest BCUT2D eigenvalue weighted by atomic mass is 19.2. The fourth-order valence-electron chi connectivity index (χ4n) is 2.69. The van der Waals surface area contributed by atoms with Crippen LogP contribution in [0.4, 0.5) is 13.2 Å². The highest BCUT2D eigenvalue weighted by Gasteiger charge is 2.29. The van der Waals surface area contributed by atoms with Gasteiger partial charge in [-0.25, -0.2) is 18.0 Å². The Morgan fingerprint density at radius 3 is 2.23 bits per heavy atom. The SMILES string of the molecule is O=C(O)[C@H]1CN(C(=O)c2ccc(-c3cc(F)c(F)c(F)c3)cc2)CCO1. The van der Waals surface area contributed by atoms with Gasteiger partial charge < -0.3 is 14.7 Å². The average Bonchev–Trinajstić information content (AvgIpc) is 2.65. The third-order valence-electron chi connectivity index (χ3n) is 4.08. The van der Waals surface area contributed by atoms with Gasteiger partial charge in [-0.2, -0.15) is 0 Å². The molecule has 8 heteroatoms. The topological polar surface area (TPSA) is 66.8 Å². The summed E-state index contributed by atoms with van der Waals surface area (Å²) < 4.78 is 44.8. The maximum Gasteiger partial charge on any atom is 0.334 e. The molecule has 0 spiro atoms. The molecule has 0 radical (unpaired) electrons. The Kier molecular flexibility index (Phi) is 4.94. The molecular formula is C18H14F3NO4. The minimum absolute atomic E-state index is 0.0652. The van der Waals surface area contributed by atoms with Crippen LogP contribution in [0.15, 0.2) is 36.4 Å². The summed E-state index contributed by atoms with van der Waals surface area (Å²) in [7, 11) is 0. The molecule has 26 heavy (non-hydrogen) atoms.